The average Bonchev–Trinajstić information content (AvgIpc) is 2.38. The zero-order valence-corrected chi connectivity index (χ0v) is 11.8. The van der Waals surface area contributed by atoms with Crippen molar-refractivity contribution >= 4 is 21.7 Å². The van der Waals surface area contributed by atoms with Gasteiger partial charge >= 0.3 is 0 Å². The van der Waals surface area contributed by atoms with Crippen molar-refractivity contribution in [2.45, 2.75) is 19.8 Å². The molecule has 17 heavy (non-hydrogen) atoms. The van der Waals surface area contributed by atoms with Crippen LogP contribution in [0.3, 0.4) is 0 Å². The maximum absolute atomic E-state index is 4.34. The monoisotopic (exact) mass is 298 g/mol. The molecule has 0 saturated carbocycles. The van der Waals surface area contributed by atoms with Gasteiger partial charge in [-0.15, -0.1) is 0 Å². The second-order valence-corrected chi connectivity index (χ2v) is 5.29. The molecule has 0 atom stereocenters. The quantitative estimate of drug-likeness (QED) is 0.924. The summed E-state index contributed by atoms with van der Waals surface area (Å²) in [7, 11) is 0. The second kappa shape index (κ2) is 6.31. The Kier molecular flexibility index (Phi) is 4.74. The minimum absolute atomic E-state index is 0.812. The maximum atomic E-state index is 4.34. The lowest BCUT2D eigenvalue weighted by atomic mass is 9.97. The lowest BCUT2D eigenvalue weighted by molar-refractivity contribution is 0.385. The number of nitrogens with zero attached hydrogens (tertiary/aromatic N) is 3. The van der Waals surface area contributed by atoms with Gasteiger partial charge in [0.1, 0.15) is 12.1 Å². The number of aromatic nitrogens is 2. The highest BCUT2D eigenvalue weighted by atomic mass is 79.9. The van der Waals surface area contributed by atoms with E-state index in [1.54, 1.807) is 6.33 Å². The van der Waals surface area contributed by atoms with Gasteiger partial charge in [-0.1, -0.05) is 6.92 Å². The molecule has 94 valence electrons. The van der Waals surface area contributed by atoms with E-state index in [0.717, 1.165) is 42.4 Å². The van der Waals surface area contributed by atoms with Crippen molar-refractivity contribution in [1.29, 1.82) is 0 Å². The maximum Gasteiger partial charge on any atom is 0.146 e. The van der Waals surface area contributed by atoms with Crippen LogP contribution in [-0.2, 0) is 0 Å². The Hall–Kier alpha value is -0.680. The first-order chi connectivity index (χ1) is 8.31. The summed E-state index contributed by atoms with van der Waals surface area (Å²) < 4.78 is 0.991. The fourth-order valence-electron chi connectivity index (χ4n) is 2.24. The van der Waals surface area contributed by atoms with Gasteiger partial charge < -0.3 is 10.2 Å². The normalized spacial score (nSPS) is 17.4. The molecule has 1 aliphatic heterocycles. The minimum Gasteiger partial charge on any atom is -0.356 e. The predicted molar refractivity (Wildman–Crippen MR) is 73.2 cm³/mol. The Morgan fingerprint density at radius 2 is 2.24 bits per heavy atom. The van der Waals surface area contributed by atoms with Crippen LogP contribution in [0.4, 0.5) is 5.82 Å². The van der Waals surface area contributed by atoms with Crippen LogP contribution in [-0.4, -0.2) is 36.1 Å². The third-order valence-electron chi connectivity index (χ3n) is 3.25. The van der Waals surface area contributed by atoms with E-state index in [9.17, 15) is 0 Å². The van der Waals surface area contributed by atoms with Crippen molar-refractivity contribution in [2.75, 3.05) is 31.1 Å². The predicted octanol–water partition coefficient (Wildman–Crippen LogP) is 2.06. The summed E-state index contributed by atoms with van der Waals surface area (Å²) in [6, 6.07) is 0. The van der Waals surface area contributed by atoms with E-state index in [1.807, 2.05) is 6.20 Å². The lowest BCUT2D eigenvalue weighted by Crippen LogP contribution is -2.37. The van der Waals surface area contributed by atoms with Gasteiger partial charge in [0.15, 0.2) is 0 Å². The number of halogens is 1. The third-order valence-corrected chi connectivity index (χ3v) is 3.80. The van der Waals surface area contributed by atoms with E-state index in [0.29, 0.717) is 0 Å². The van der Waals surface area contributed by atoms with Crippen LogP contribution in [0.15, 0.2) is 17.0 Å². The molecular formula is C12H19BrN4. The van der Waals surface area contributed by atoms with Crippen molar-refractivity contribution in [3.05, 3.63) is 17.0 Å². The molecule has 0 radical (unpaired) electrons. The van der Waals surface area contributed by atoms with Crippen molar-refractivity contribution in [1.82, 2.24) is 15.3 Å². The Balaban J connectivity index is 1.89. The fraction of sp³-hybridized carbons (Fsp3) is 0.667. The Labute approximate surface area is 111 Å². The van der Waals surface area contributed by atoms with Crippen molar-refractivity contribution in [2.24, 2.45) is 5.92 Å². The van der Waals surface area contributed by atoms with Crippen molar-refractivity contribution < 1.29 is 0 Å². The highest BCUT2D eigenvalue weighted by molar-refractivity contribution is 9.10. The van der Waals surface area contributed by atoms with Gasteiger partial charge in [-0.25, -0.2) is 9.97 Å². The molecule has 2 heterocycles. The highest BCUT2D eigenvalue weighted by Gasteiger charge is 2.20. The molecule has 0 aliphatic carbocycles. The van der Waals surface area contributed by atoms with Gasteiger partial charge in [0.2, 0.25) is 0 Å². The highest BCUT2D eigenvalue weighted by Crippen LogP contribution is 2.26. The molecule has 1 N–H and O–H groups in total. The van der Waals surface area contributed by atoms with E-state index in [-0.39, 0.29) is 0 Å². The Morgan fingerprint density at radius 1 is 1.47 bits per heavy atom. The SMILES string of the molecule is CCNCC1CCN(c2ncncc2Br)CC1. The number of rotatable bonds is 4. The zero-order valence-electron chi connectivity index (χ0n) is 10.2. The number of piperidine rings is 1. The lowest BCUT2D eigenvalue weighted by Gasteiger charge is -2.33. The number of hydrogen-bond donors (Lipinski definition) is 1. The Morgan fingerprint density at radius 3 is 2.88 bits per heavy atom. The van der Waals surface area contributed by atoms with E-state index in [4.69, 9.17) is 0 Å². The molecule has 0 aromatic carbocycles. The number of anilines is 1. The zero-order chi connectivity index (χ0) is 12.1. The summed E-state index contributed by atoms with van der Waals surface area (Å²) in [5.74, 6) is 1.84. The Bertz CT molecular complexity index is 350. The molecule has 2 rings (SSSR count). The molecule has 1 aromatic rings. The van der Waals surface area contributed by atoms with E-state index in [1.165, 1.54) is 12.8 Å². The van der Waals surface area contributed by atoms with E-state index in [2.05, 4.69) is 43.0 Å². The third kappa shape index (κ3) is 3.39. The standard InChI is InChI=1S/C12H19BrN4/c1-2-14-7-10-3-5-17(6-4-10)12-11(13)8-15-9-16-12/h8-10,14H,2-7H2,1H3. The van der Waals surface area contributed by atoms with Crippen LogP contribution >= 0.6 is 15.9 Å². The molecule has 0 bridgehead atoms. The van der Waals surface area contributed by atoms with Gasteiger partial charge in [0.05, 0.1) is 4.47 Å². The van der Waals surface area contributed by atoms with Gasteiger partial charge in [-0.3, -0.25) is 0 Å². The first kappa shape index (κ1) is 12.8. The average molecular weight is 299 g/mol. The smallest absolute Gasteiger partial charge is 0.146 e. The van der Waals surface area contributed by atoms with Crippen LogP contribution in [0.5, 0.6) is 0 Å². The minimum atomic E-state index is 0.812. The van der Waals surface area contributed by atoms with Crippen LogP contribution < -0.4 is 10.2 Å². The van der Waals surface area contributed by atoms with E-state index >= 15 is 0 Å². The summed E-state index contributed by atoms with van der Waals surface area (Å²) >= 11 is 3.51. The van der Waals surface area contributed by atoms with Gasteiger partial charge in [0, 0.05) is 19.3 Å². The van der Waals surface area contributed by atoms with Crippen molar-refractivity contribution in [3.63, 3.8) is 0 Å². The molecule has 0 amide bonds. The number of hydrogen-bond acceptors (Lipinski definition) is 4. The van der Waals surface area contributed by atoms with Crippen LogP contribution in [0.2, 0.25) is 0 Å². The van der Waals surface area contributed by atoms with E-state index < -0.39 is 0 Å². The summed E-state index contributed by atoms with van der Waals surface area (Å²) in [6.07, 6.45) is 5.91. The second-order valence-electron chi connectivity index (χ2n) is 4.43. The molecule has 1 saturated heterocycles. The molecule has 4 nitrogen and oxygen atoms in total. The van der Waals surface area contributed by atoms with Crippen LogP contribution in [0, 0.1) is 5.92 Å². The summed E-state index contributed by atoms with van der Waals surface area (Å²) in [6.45, 7) is 6.55. The molecular weight excluding hydrogens is 280 g/mol. The van der Waals surface area contributed by atoms with Crippen molar-refractivity contribution in [3.8, 4) is 0 Å². The van der Waals surface area contributed by atoms with Gasteiger partial charge in [0.25, 0.3) is 0 Å². The molecule has 1 aliphatic rings. The molecule has 1 fully saturated rings. The van der Waals surface area contributed by atoms with Crippen LogP contribution in [0.1, 0.15) is 19.8 Å². The summed E-state index contributed by atoms with van der Waals surface area (Å²) in [5, 5.41) is 3.43. The topological polar surface area (TPSA) is 41.0 Å². The summed E-state index contributed by atoms with van der Waals surface area (Å²) in [5.41, 5.74) is 0. The van der Waals surface area contributed by atoms with Crippen LogP contribution in [0.25, 0.3) is 0 Å². The van der Waals surface area contributed by atoms with Gasteiger partial charge in [-0.2, -0.15) is 0 Å². The van der Waals surface area contributed by atoms with Gasteiger partial charge in [-0.05, 0) is 47.8 Å². The molecule has 0 unspecified atom stereocenters. The molecule has 5 heteroatoms. The first-order valence-electron chi connectivity index (χ1n) is 6.22. The first-order valence-corrected chi connectivity index (χ1v) is 7.01. The molecule has 0 spiro atoms. The molecule has 1 aromatic heterocycles. The largest absolute Gasteiger partial charge is 0.356 e. The fourth-order valence-corrected chi connectivity index (χ4v) is 2.71. The summed E-state index contributed by atoms with van der Waals surface area (Å²) in [4.78, 5) is 10.7. The number of nitrogens with one attached hydrogen (secondary N) is 1.